The van der Waals surface area contributed by atoms with Crippen molar-refractivity contribution in [3.05, 3.63) is 34.4 Å². The van der Waals surface area contributed by atoms with Crippen LogP contribution in [0, 0.1) is 27.9 Å². The number of rotatable bonds is 3. The van der Waals surface area contributed by atoms with Crippen LogP contribution in [0.1, 0.15) is 25.7 Å². The molecule has 0 radical (unpaired) electrons. The topological polar surface area (TPSA) is 69.4 Å². The van der Waals surface area contributed by atoms with E-state index >= 15 is 0 Å². The number of fused-ring (bicyclic) bond motifs is 1. The van der Waals surface area contributed by atoms with Crippen molar-refractivity contribution in [3.8, 4) is 5.75 Å². The van der Waals surface area contributed by atoms with Gasteiger partial charge in [-0.25, -0.2) is 0 Å². The van der Waals surface area contributed by atoms with Crippen molar-refractivity contribution in [1.29, 1.82) is 0 Å². The van der Waals surface area contributed by atoms with Gasteiger partial charge in [0.15, 0.2) is 0 Å². The third kappa shape index (κ3) is 2.32. The highest BCUT2D eigenvalue weighted by atomic mass is 16.6. The van der Waals surface area contributed by atoms with Gasteiger partial charge in [0.1, 0.15) is 5.75 Å². The van der Waals surface area contributed by atoms with Crippen molar-refractivity contribution in [3.63, 3.8) is 0 Å². The Bertz CT molecular complexity index is 499. The van der Waals surface area contributed by atoms with Gasteiger partial charge in [-0.15, -0.1) is 0 Å². The van der Waals surface area contributed by atoms with Gasteiger partial charge < -0.3 is 4.74 Å². The van der Waals surface area contributed by atoms with Crippen molar-refractivity contribution >= 4 is 11.7 Å². The lowest BCUT2D eigenvalue weighted by Crippen LogP contribution is -2.12. The lowest BCUT2D eigenvalue weighted by Gasteiger charge is -2.04. The first-order valence-electron chi connectivity index (χ1n) is 6.63. The molecule has 2 aliphatic rings. The van der Waals surface area contributed by atoms with Crippen LogP contribution >= 0.6 is 0 Å². The van der Waals surface area contributed by atoms with E-state index in [-0.39, 0.29) is 17.6 Å². The standard InChI is InChI=1S/C14H15NO4/c16-14(13-11-3-1-2-4-12(11)13)19-10-7-5-9(6-8-10)15(17)18/h5-8,11-13H,1-4H2/t11-,12+,13?. The number of ether oxygens (including phenoxy) is 1. The SMILES string of the molecule is O=C(Oc1ccc([N+](=O)[O-])cc1)C1[C@H]2CCCC[C@@H]12. The van der Waals surface area contributed by atoms with Gasteiger partial charge >= 0.3 is 5.97 Å². The van der Waals surface area contributed by atoms with E-state index in [0.717, 1.165) is 12.8 Å². The van der Waals surface area contributed by atoms with Crippen molar-refractivity contribution in [2.75, 3.05) is 0 Å². The maximum atomic E-state index is 12.0. The molecule has 3 atom stereocenters. The van der Waals surface area contributed by atoms with Crippen LogP contribution in [0.15, 0.2) is 24.3 Å². The number of nitrogens with zero attached hydrogens (tertiary/aromatic N) is 1. The van der Waals surface area contributed by atoms with Crippen LogP contribution in [0.3, 0.4) is 0 Å². The predicted octanol–water partition coefficient (Wildman–Crippen LogP) is 2.94. The van der Waals surface area contributed by atoms with Crippen LogP contribution in [0.5, 0.6) is 5.75 Å². The lowest BCUT2D eigenvalue weighted by molar-refractivity contribution is -0.384. The van der Waals surface area contributed by atoms with E-state index in [1.54, 1.807) is 0 Å². The molecule has 2 saturated carbocycles. The average molecular weight is 261 g/mol. The summed E-state index contributed by atoms with van der Waals surface area (Å²) in [5.74, 6) is 1.29. The Morgan fingerprint density at radius 3 is 2.26 bits per heavy atom. The molecule has 0 N–H and O–H groups in total. The fourth-order valence-electron chi connectivity index (χ4n) is 3.16. The third-order valence-corrected chi connectivity index (χ3v) is 4.19. The molecule has 2 aliphatic carbocycles. The molecule has 0 spiro atoms. The second kappa shape index (κ2) is 4.64. The quantitative estimate of drug-likeness (QED) is 0.363. The van der Waals surface area contributed by atoms with Crippen molar-refractivity contribution in [2.24, 2.45) is 17.8 Å². The molecule has 1 aromatic carbocycles. The normalized spacial score (nSPS) is 28.3. The van der Waals surface area contributed by atoms with Crippen molar-refractivity contribution in [1.82, 2.24) is 0 Å². The Morgan fingerprint density at radius 1 is 1.16 bits per heavy atom. The molecule has 1 unspecified atom stereocenters. The van der Waals surface area contributed by atoms with E-state index < -0.39 is 4.92 Å². The molecule has 2 fully saturated rings. The van der Waals surface area contributed by atoms with Gasteiger partial charge in [-0.2, -0.15) is 0 Å². The average Bonchev–Trinajstić information content (AvgIpc) is 3.13. The highest BCUT2D eigenvalue weighted by Crippen LogP contribution is 2.55. The largest absolute Gasteiger partial charge is 0.426 e. The summed E-state index contributed by atoms with van der Waals surface area (Å²) in [6.07, 6.45) is 4.68. The van der Waals surface area contributed by atoms with Gasteiger partial charge in [0, 0.05) is 12.1 Å². The minimum Gasteiger partial charge on any atom is -0.426 e. The summed E-state index contributed by atoms with van der Waals surface area (Å²) < 4.78 is 5.30. The summed E-state index contributed by atoms with van der Waals surface area (Å²) in [5, 5.41) is 10.5. The van der Waals surface area contributed by atoms with E-state index in [1.807, 2.05) is 0 Å². The Morgan fingerprint density at radius 2 is 1.74 bits per heavy atom. The molecule has 0 amide bonds. The first-order chi connectivity index (χ1) is 9.16. The van der Waals surface area contributed by atoms with Crippen LogP contribution in [-0.4, -0.2) is 10.9 Å². The fourth-order valence-corrected chi connectivity index (χ4v) is 3.16. The lowest BCUT2D eigenvalue weighted by atomic mass is 10.0. The third-order valence-electron chi connectivity index (χ3n) is 4.19. The molecule has 0 saturated heterocycles. The van der Waals surface area contributed by atoms with Gasteiger partial charge in [-0.1, -0.05) is 12.8 Å². The molecule has 100 valence electrons. The molecule has 1 aromatic rings. The molecule has 0 aliphatic heterocycles. The number of non-ortho nitro benzene ring substituents is 1. The van der Waals surface area contributed by atoms with Gasteiger partial charge in [-0.05, 0) is 36.8 Å². The molecule has 0 aromatic heterocycles. The molecule has 19 heavy (non-hydrogen) atoms. The Hall–Kier alpha value is -1.91. The molecule has 0 heterocycles. The fraction of sp³-hybridized carbons (Fsp3) is 0.500. The number of carbonyl (C=O) groups excluding carboxylic acids is 1. The first kappa shape index (κ1) is 12.1. The maximum absolute atomic E-state index is 12.0. The smallest absolute Gasteiger partial charge is 0.314 e. The summed E-state index contributed by atoms with van der Waals surface area (Å²) in [6.45, 7) is 0. The zero-order chi connectivity index (χ0) is 13.4. The number of carbonyl (C=O) groups is 1. The zero-order valence-corrected chi connectivity index (χ0v) is 10.5. The van der Waals surface area contributed by atoms with Crippen LogP contribution in [0.2, 0.25) is 0 Å². The van der Waals surface area contributed by atoms with E-state index in [0.29, 0.717) is 17.6 Å². The van der Waals surface area contributed by atoms with Crippen molar-refractivity contribution in [2.45, 2.75) is 25.7 Å². The first-order valence-corrected chi connectivity index (χ1v) is 6.63. The number of hydrogen-bond acceptors (Lipinski definition) is 4. The Kier molecular flexibility index (Phi) is 2.97. The molecule has 0 bridgehead atoms. The van der Waals surface area contributed by atoms with E-state index in [4.69, 9.17) is 4.74 Å². The number of esters is 1. The van der Waals surface area contributed by atoms with E-state index in [9.17, 15) is 14.9 Å². The van der Waals surface area contributed by atoms with Crippen LogP contribution in [0.4, 0.5) is 5.69 Å². The summed E-state index contributed by atoms with van der Waals surface area (Å²) >= 11 is 0. The van der Waals surface area contributed by atoms with E-state index in [1.165, 1.54) is 37.1 Å². The predicted molar refractivity (Wildman–Crippen MR) is 67.7 cm³/mol. The van der Waals surface area contributed by atoms with Crippen molar-refractivity contribution < 1.29 is 14.5 Å². The molecular formula is C14H15NO4. The minimum absolute atomic E-state index is 0.000102. The van der Waals surface area contributed by atoms with Crippen LogP contribution in [-0.2, 0) is 4.79 Å². The van der Waals surface area contributed by atoms with Crippen LogP contribution < -0.4 is 4.74 Å². The Balaban J connectivity index is 1.62. The maximum Gasteiger partial charge on any atom is 0.314 e. The van der Waals surface area contributed by atoms with Gasteiger partial charge in [0.25, 0.3) is 5.69 Å². The van der Waals surface area contributed by atoms with Crippen LogP contribution in [0.25, 0.3) is 0 Å². The summed E-state index contributed by atoms with van der Waals surface area (Å²) in [6, 6.07) is 5.65. The minimum atomic E-state index is -0.471. The number of benzene rings is 1. The number of hydrogen-bond donors (Lipinski definition) is 0. The Labute approximate surface area is 110 Å². The molecule has 3 rings (SSSR count). The van der Waals surface area contributed by atoms with Gasteiger partial charge in [0.05, 0.1) is 10.8 Å². The highest BCUT2D eigenvalue weighted by Gasteiger charge is 2.55. The second-order valence-corrected chi connectivity index (χ2v) is 5.31. The monoisotopic (exact) mass is 261 g/mol. The van der Waals surface area contributed by atoms with Gasteiger partial charge in [-0.3, -0.25) is 14.9 Å². The molecular weight excluding hydrogens is 246 g/mol. The summed E-state index contributed by atoms with van der Waals surface area (Å²) in [7, 11) is 0. The summed E-state index contributed by atoms with van der Waals surface area (Å²) in [5.41, 5.74) is -0.000102. The second-order valence-electron chi connectivity index (χ2n) is 5.31. The zero-order valence-electron chi connectivity index (χ0n) is 10.5. The summed E-state index contributed by atoms with van der Waals surface area (Å²) in [4.78, 5) is 22.1. The van der Waals surface area contributed by atoms with Gasteiger partial charge in [0.2, 0.25) is 0 Å². The molecule has 5 nitrogen and oxygen atoms in total. The number of nitro benzene ring substituents is 1. The highest BCUT2D eigenvalue weighted by molar-refractivity contribution is 5.79. The number of nitro groups is 1. The molecule has 5 heteroatoms. The van der Waals surface area contributed by atoms with E-state index in [2.05, 4.69) is 0 Å².